The van der Waals surface area contributed by atoms with Gasteiger partial charge in [-0.25, -0.2) is 9.78 Å². The topological polar surface area (TPSA) is 76.6 Å². The zero-order valence-corrected chi connectivity index (χ0v) is 12.0. The second-order valence-electron chi connectivity index (χ2n) is 4.15. The molecule has 0 aliphatic carbocycles. The first-order valence-corrected chi connectivity index (χ1v) is 7.04. The number of hydrogen-bond acceptors (Lipinski definition) is 6. The first kappa shape index (κ1) is 13.7. The molecule has 1 aliphatic rings. The maximum atomic E-state index is 12.0. The normalized spacial score (nSPS) is 13.5. The Hall–Kier alpha value is -2.25. The zero-order valence-electron chi connectivity index (χ0n) is 10.4. The lowest BCUT2D eigenvalue weighted by Crippen LogP contribution is -2.33. The molecule has 106 valence electrons. The SMILES string of the molecule is O=C(Cc1ncc(Cl)s1)ON1C(=O)c2ccccc2C1=O. The van der Waals surface area contributed by atoms with Gasteiger partial charge in [-0.15, -0.1) is 11.3 Å². The summed E-state index contributed by atoms with van der Waals surface area (Å²) in [6.45, 7) is 0. The third-order valence-electron chi connectivity index (χ3n) is 2.77. The number of nitrogens with zero attached hydrogens (tertiary/aromatic N) is 2. The predicted molar refractivity (Wildman–Crippen MR) is 73.9 cm³/mol. The molecule has 0 unspecified atom stereocenters. The van der Waals surface area contributed by atoms with Gasteiger partial charge in [0.2, 0.25) is 0 Å². The fraction of sp³-hybridized carbons (Fsp3) is 0.0769. The minimum atomic E-state index is -0.754. The number of hydroxylamine groups is 2. The lowest BCUT2D eigenvalue weighted by Gasteiger charge is -2.11. The predicted octanol–water partition coefficient (Wildman–Crippen LogP) is 2.09. The maximum absolute atomic E-state index is 12.0. The van der Waals surface area contributed by atoms with E-state index in [2.05, 4.69) is 4.98 Å². The van der Waals surface area contributed by atoms with Crippen LogP contribution in [-0.4, -0.2) is 27.8 Å². The van der Waals surface area contributed by atoms with Crippen molar-refractivity contribution in [3.05, 3.63) is 50.9 Å². The summed E-state index contributed by atoms with van der Waals surface area (Å²) in [5.41, 5.74) is 0.431. The van der Waals surface area contributed by atoms with Crippen molar-refractivity contribution in [1.82, 2.24) is 10.0 Å². The first-order chi connectivity index (χ1) is 10.1. The van der Waals surface area contributed by atoms with Gasteiger partial charge in [-0.3, -0.25) is 9.59 Å². The van der Waals surface area contributed by atoms with E-state index in [1.165, 1.54) is 18.3 Å². The fourth-order valence-electron chi connectivity index (χ4n) is 1.88. The fourth-order valence-corrected chi connectivity index (χ4v) is 2.82. The van der Waals surface area contributed by atoms with Crippen molar-refractivity contribution in [2.45, 2.75) is 6.42 Å². The van der Waals surface area contributed by atoms with Gasteiger partial charge in [-0.2, -0.15) is 0 Å². The molecule has 0 bridgehead atoms. The van der Waals surface area contributed by atoms with Gasteiger partial charge < -0.3 is 4.84 Å². The highest BCUT2D eigenvalue weighted by Gasteiger charge is 2.38. The highest BCUT2D eigenvalue weighted by atomic mass is 35.5. The quantitative estimate of drug-likeness (QED) is 0.809. The van der Waals surface area contributed by atoms with Crippen LogP contribution in [0, 0.1) is 0 Å². The Bertz CT molecular complexity index is 723. The molecule has 1 aromatic heterocycles. The van der Waals surface area contributed by atoms with Crippen LogP contribution in [0.25, 0.3) is 0 Å². The van der Waals surface area contributed by atoms with Crippen molar-refractivity contribution in [2.75, 3.05) is 0 Å². The van der Waals surface area contributed by atoms with Crippen LogP contribution in [0.3, 0.4) is 0 Å². The Kier molecular flexibility index (Phi) is 3.44. The Morgan fingerprint density at radius 3 is 2.38 bits per heavy atom. The molecule has 1 aliphatic heterocycles. The average Bonchev–Trinajstić information content (AvgIpc) is 2.97. The number of thiazole rings is 1. The summed E-state index contributed by atoms with van der Waals surface area (Å²) < 4.78 is 0.443. The van der Waals surface area contributed by atoms with Gasteiger partial charge >= 0.3 is 5.97 Å². The number of carbonyl (C=O) groups excluding carboxylic acids is 3. The minimum Gasteiger partial charge on any atom is -0.329 e. The van der Waals surface area contributed by atoms with Crippen molar-refractivity contribution in [2.24, 2.45) is 0 Å². The van der Waals surface area contributed by atoms with E-state index < -0.39 is 17.8 Å². The van der Waals surface area contributed by atoms with Gasteiger partial charge in [0.15, 0.2) is 0 Å². The number of aromatic nitrogens is 1. The number of amides is 2. The van der Waals surface area contributed by atoms with Crippen LogP contribution in [0.15, 0.2) is 30.5 Å². The van der Waals surface area contributed by atoms with Crippen molar-refractivity contribution in [1.29, 1.82) is 0 Å². The summed E-state index contributed by atoms with van der Waals surface area (Å²) >= 11 is 6.83. The molecule has 2 amide bonds. The van der Waals surface area contributed by atoms with Crippen LogP contribution in [0.4, 0.5) is 0 Å². The Morgan fingerprint density at radius 2 is 1.86 bits per heavy atom. The summed E-state index contributed by atoms with van der Waals surface area (Å²) in [4.78, 5) is 44.5. The van der Waals surface area contributed by atoms with Crippen LogP contribution in [-0.2, 0) is 16.1 Å². The molecular weight excluding hydrogens is 316 g/mol. The summed E-state index contributed by atoms with van der Waals surface area (Å²) in [5.74, 6) is -2.06. The Balaban J connectivity index is 1.73. The van der Waals surface area contributed by atoms with E-state index in [1.807, 2.05) is 0 Å². The summed E-state index contributed by atoms with van der Waals surface area (Å²) in [5, 5.41) is 0.920. The summed E-state index contributed by atoms with van der Waals surface area (Å²) in [6.07, 6.45) is 1.25. The molecule has 3 rings (SSSR count). The van der Waals surface area contributed by atoms with Gasteiger partial charge in [0.1, 0.15) is 15.8 Å². The number of benzene rings is 1. The molecule has 0 spiro atoms. The number of imide groups is 1. The molecule has 0 saturated carbocycles. The van der Waals surface area contributed by atoms with E-state index >= 15 is 0 Å². The molecule has 0 saturated heterocycles. The van der Waals surface area contributed by atoms with Gasteiger partial charge in [0.05, 0.1) is 17.3 Å². The van der Waals surface area contributed by atoms with E-state index in [0.29, 0.717) is 14.4 Å². The van der Waals surface area contributed by atoms with Gasteiger partial charge in [0.25, 0.3) is 11.8 Å². The number of hydrogen-bond donors (Lipinski definition) is 0. The number of fused-ring (bicyclic) bond motifs is 1. The molecule has 0 fully saturated rings. The van der Waals surface area contributed by atoms with E-state index in [9.17, 15) is 14.4 Å². The molecule has 0 atom stereocenters. The van der Waals surface area contributed by atoms with E-state index in [4.69, 9.17) is 16.4 Å². The maximum Gasteiger partial charge on any atom is 0.340 e. The molecule has 21 heavy (non-hydrogen) atoms. The third kappa shape index (κ3) is 2.53. The lowest BCUT2D eigenvalue weighted by molar-refractivity contribution is -0.167. The van der Waals surface area contributed by atoms with E-state index in [1.54, 1.807) is 12.1 Å². The van der Waals surface area contributed by atoms with Crippen LogP contribution < -0.4 is 0 Å². The second kappa shape index (κ2) is 5.27. The smallest absolute Gasteiger partial charge is 0.329 e. The van der Waals surface area contributed by atoms with Crippen LogP contribution in [0.1, 0.15) is 25.7 Å². The molecule has 2 heterocycles. The summed E-state index contributed by atoms with van der Waals surface area (Å²) in [6, 6.07) is 6.27. The molecule has 2 aromatic rings. The van der Waals surface area contributed by atoms with Crippen molar-refractivity contribution >= 4 is 40.7 Å². The third-order valence-corrected chi connectivity index (χ3v) is 3.89. The average molecular weight is 323 g/mol. The monoisotopic (exact) mass is 322 g/mol. The Labute approximate surface area is 127 Å². The number of carbonyl (C=O) groups is 3. The molecular formula is C13H7ClN2O4S. The highest BCUT2D eigenvalue weighted by Crippen LogP contribution is 2.23. The van der Waals surface area contributed by atoms with Crippen molar-refractivity contribution in [3.63, 3.8) is 0 Å². The standard InChI is InChI=1S/C13H7ClN2O4S/c14-9-6-15-10(21-9)5-11(17)20-16-12(18)7-3-1-2-4-8(7)13(16)19/h1-4,6H,5H2. The number of halogens is 1. The number of rotatable bonds is 3. The van der Waals surface area contributed by atoms with Crippen LogP contribution >= 0.6 is 22.9 Å². The molecule has 0 radical (unpaired) electrons. The van der Waals surface area contributed by atoms with Gasteiger partial charge in [-0.1, -0.05) is 28.8 Å². The molecule has 8 heteroatoms. The van der Waals surface area contributed by atoms with Crippen molar-refractivity contribution in [3.8, 4) is 0 Å². The van der Waals surface area contributed by atoms with Gasteiger partial charge in [0, 0.05) is 0 Å². The molecule has 0 N–H and O–H groups in total. The summed E-state index contributed by atoms with van der Waals surface area (Å²) in [7, 11) is 0. The minimum absolute atomic E-state index is 0.162. The highest BCUT2D eigenvalue weighted by molar-refractivity contribution is 7.15. The first-order valence-electron chi connectivity index (χ1n) is 5.85. The van der Waals surface area contributed by atoms with E-state index in [0.717, 1.165) is 11.3 Å². The zero-order chi connectivity index (χ0) is 15.0. The van der Waals surface area contributed by atoms with Crippen LogP contribution in [0.2, 0.25) is 4.34 Å². The second-order valence-corrected chi connectivity index (χ2v) is 5.89. The molecule has 1 aromatic carbocycles. The van der Waals surface area contributed by atoms with Crippen LogP contribution in [0.5, 0.6) is 0 Å². The largest absolute Gasteiger partial charge is 0.340 e. The van der Waals surface area contributed by atoms with Gasteiger partial charge in [-0.05, 0) is 12.1 Å². The van der Waals surface area contributed by atoms with E-state index in [-0.39, 0.29) is 17.5 Å². The lowest BCUT2D eigenvalue weighted by atomic mass is 10.1. The van der Waals surface area contributed by atoms with Crippen molar-refractivity contribution < 1.29 is 19.2 Å². The Morgan fingerprint density at radius 1 is 1.24 bits per heavy atom. The molecule has 6 nitrogen and oxygen atoms in total.